The molecule has 0 heterocycles. The predicted molar refractivity (Wildman–Crippen MR) is 58.8 cm³/mol. The first kappa shape index (κ1) is 10.8. The van der Waals surface area contributed by atoms with Crippen LogP contribution in [0.2, 0.25) is 0 Å². The van der Waals surface area contributed by atoms with Gasteiger partial charge in [-0.05, 0) is 31.0 Å². The standard InChI is InChI=1S/C11H17FN2/c1-3-10(4-2)14-11-6-8(12)5-9(13)7-11/h5-7,10,14H,3-4,13H2,1-2H3. The third-order valence-electron chi connectivity index (χ3n) is 2.28. The van der Waals surface area contributed by atoms with Crippen molar-refractivity contribution >= 4 is 11.4 Å². The molecule has 0 aliphatic heterocycles. The maximum absolute atomic E-state index is 13.0. The van der Waals surface area contributed by atoms with Crippen LogP contribution in [0.25, 0.3) is 0 Å². The molecule has 1 aromatic rings. The zero-order valence-corrected chi connectivity index (χ0v) is 8.68. The second-order valence-electron chi connectivity index (χ2n) is 3.43. The van der Waals surface area contributed by atoms with Gasteiger partial charge in [-0.3, -0.25) is 0 Å². The molecule has 0 aliphatic carbocycles. The van der Waals surface area contributed by atoms with Gasteiger partial charge in [-0.15, -0.1) is 0 Å². The highest BCUT2D eigenvalue weighted by Crippen LogP contribution is 2.17. The van der Waals surface area contributed by atoms with Gasteiger partial charge in [0.2, 0.25) is 0 Å². The number of nitrogens with one attached hydrogen (secondary N) is 1. The van der Waals surface area contributed by atoms with Crippen LogP contribution in [-0.2, 0) is 0 Å². The van der Waals surface area contributed by atoms with Crippen molar-refractivity contribution in [2.24, 2.45) is 0 Å². The fraction of sp³-hybridized carbons (Fsp3) is 0.455. The molecule has 3 heteroatoms. The van der Waals surface area contributed by atoms with Crippen LogP contribution >= 0.6 is 0 Å². The summed E-state index contributed by atoms with van der Waals surface area (Å²) in [5, 5.41) is 3.24. The highest BCUT2D eigenvalue weighted by Gasteiger charge is 2.04. The van der Waals surface area contributed by atoms with Crippen molar-refractivity contribution in [3.05, 3.63) is 24.0 Å². The van der Waals surface area contributed by atoms with Gasteiger partial charge in [-0.2, -0.15) is 0 Å². The Morgan fingerprint density at radius 2 is 1.93 bits per heavy atom. The first-order valence-corrected chi connectivity index (χ1v) is 4.98. The molecule has 0 aromatic heterocycles. The summed E-state index contributed by atoms with van der Waals surface area (Å²) in [5.74, 6) is -0.293. The second-order valence-corrected chi connectivity index (χ2v) is 3.43. The molecule has 0 aliphatic rings. The highest BCUT2D eigenvalue weighted by atomic mass is 19.1. The molecule has 1 rings (SSSR count). The Hall–Kier alpha value is -1.25. The van der Waals surface area contributed by atoms with E-state index in [1.165, 1.54) is 12.1 Å². The first-order chi connectivity index (χ1) is 6.65. The summed E-state index contributed by atoms with van der Waals surface area (Å²) in [5.41, 5.74) is 6.76. The zero-order chi connectivity index (χ0) is 10.6. The third-order valence-corrected chi connectivity index (χ3v) is 2.28. The minimum atomic E-state index is -0.293. The molecule has 1 aromatic carbocycles. The van der Waals surface area contributed by atoms with Gasteiger partial charge in [0.05, 0.1) is 0 Å². The van der Waals surface area contributed by atoms with Crippen LogP contribution in [0.3, 0.4) is 0 Å². The molecule has 14 heavy (non-hydrogen) atoms. The molecule has 3 N–H and O–H groups in total. The Bertz CT molecular complexity index is 275. The van der Waals surface area contributed by atoms with Gasteiger partial charge < -0.3 is 11.1 Å². The van der Waals surface area contributed by atoms with Gasteiger partial charge in [-0.25, -0.2) is 4.39 Å². The molecule has 0 bridgehead atoms. The largest absolute Gasteiger partial charge is 0.399 e. The predicted octanol–water partition coefficient (Wildman–Crippen LogP) is 3.01. The van der Waals surface area contributed by atoms with Crippen LogP contribution in [0.4, 0.5) is 15.8 Å². The molecule has 0 saturated heterocycles. The molecule has 2 nitrogen and oxygen atoms in total. The maximum atomic E-state index is 13.0. The van der Waals surface area contributed by atoms with Crippen molar-refractivity contribution in [1.82, 2.24) is 0 Å². The second kappa shape index (κ2) is 4.84. The summed E-state index contributed by atoms with van der Waals surface area (Å²) < 4.78 is 13.0. The summed E-state index contributed by atoms with van der Waals surface area (Å²) in [6, 6.07) is 4.92. The Morgan fingerprint density at radius 3 is 2.43 bits per heavy atom. The van der Waals surface area contributed by atoms with Gasteiger partial charge in [0.25, 0.3) is 0 Å². The van der Waals surface area contributed by atoms with Crippen molar-refractivity contribution < 1.29 is 4.39 Å². The summed E-state index contributed by atoms with van der Waals surface area (Å²) in [4.78, 5) is 0. The number of rotatable bonds is 4. The summed E-state index contributed by atoms with van der Waals surface area (Å²) in [6.45, 7) is 4.20. The van der Waals surface area contributed by atoms with Crippen molar-refractivity contribution in [2.45, 2.75) is 32.7 Å². The number of nitrogens with two attached hydrogens (primary N) is 1. The van der Waals surface area contributed by atoms with Crippen LogP contribution in [0.15, 0.2) is 18.2 Å². The highest BCUT2D eigenvalue weighted by molar-refractivity contribution is 5.55. The van der Waals surface area contributed by atoms with Gasteiger partial charge >= 0.3 is 0 Å². The lowest BCUT2D eigenvalue weighted by atomic mass is 10.1. The van der Waals surface area contributed by atoms with Gasteiger partial charge in [0, 0.05) is 17.4 Å². The first-order valence-electron chi connectivity index (χ1n) is 4.98. The number of anilines is 2. The van der Waals surface area contributed by atoms with E-state index in [2.05, 4.69) is 19.2 Å². The molecule has 0 spiro atoms. The zero-order valence-electron chi connectivity index (χ0n) is 8.68. The summed E-state index contributed by atoms with van der Waals surface area (Å²) in [7, 11) is 0. The van der Waals surface area contributed by atoms with E-state index in [4.69, 9.17) is 5.73 Å². The van der Waals surface area contributed by atoms with Gasteiger partial charge in [0.15, 0.2) is 0 Å². The Morgan fingerprint density at radius 1 is 1.29 bits per heavy atom. The van der Waals surface area contributed by atoms with Crippen LogP contribution in [0.5, 0.6) is 0 Å². The van der Waals surface area contributed by atoms with Crippen LogP contribution in [0, 0.1) is 5.82 Å². The fourth-order valence-electron chi connectivity index (χ4n) is 1.42. The van der Waals surface area contributed by atoms with E-state index in [1.807, 2.05) is 0 Å². The lowest BCUT2D eigenvalue weighted by Gasteiger charge is -2.16. The van der Waals surface area contributed by atoms with Crippen molar-refractivity contribution in [1.29, 1.82) is 0 Å². The van der Waals surface area contributed by atoms with Crippen molar-refractivity contribution in [3.8, 4) is 0 Å². The number of halogens is 1. The molecular formula is C11H17FN2. The van der Waals surface area contributed by atoms with Crippen LogP contribution < -0.4 is 11.1 Å². The molecule has 0 amide bonds. The van der Waals surface area contributed by atoms with E-state index in [1.54, 1.807) is 6.07 Å². The maximum Gasteiger partial charge on any atom is 0.127 e. The third kappa shape index (κ3) is 2.91. The molecule has 0 radical (unpaired) electrons. The minimum absolute atomic E-state index is 0.293. The Kier molecular flexibility index (Phi) is 3.74. The van der Waals surface area contributed by atoms with E-state index in [-0.39, 0.29) is 5.82 Å². The number of hydrogen-bond acceptors (Lipinski definition) is 2. The number of hydrogen-bond donors (Lipinski definition) is 2. The lowest BCUT2D eigenvalue weighted by Crippen LogP contribution is -2.17. The van der Waals surface area contributed by atoms with Gasteiger partial charge in [-0.1, -0.05) is 13.8 Å². The van der Waals surface area contributed by atoms with Gasteiger partial charge in [0.1, 0.15) is 5.82 Å². The molecule has 0 saturated carbocycles. The smallest absolute Gasteiger partial charge is 0.127 e. The lowest BCUT2D eigenvalue weighted by molar-refractivity contribution is 0.626. The molecule has 0 unspecified atom stereocenters. The molecule has 78 valence electrons. The van der Waals surface area contributed by atoms with E-state index in [0.29, 0.717) is 11.7 Å². The quantitative estimate of drug-likeness (QED) is 0.726. The Labute approximate surface area is 84.3 Å². The summed E-state index contributed by atoms with van der Waals surface area (Å²) in [6.07, 6.45) is 2.04. The Balaban J connectivity index is 2.75. The number of nitrogen functional groups attached to an aromatic ring is 1. The van der Waals surface area contributed by atoms with E-state index in [0.717, 1.165) is 18.5 Å². The average Bonchev–Trinajstić information content (AvgIpc) is 2.12. The van der Waals surface area contributed by atoms with E-state index >= 15 is 0 Å². The molecule has 0 atom stereocenters. The van der Waals surface area contributed by atoms with E-state index in [9.17, 15) is 4.39 Å². The molecular weight excluding hydrogens is 179 g/mol. The van der Waals surface area contributed by atoms with Crippen LogP contribution in [0.1, 0.15) is 26.7 Å². The van der Waals surface area contributed by atoms with Crippen LogP contribution in [-0.4, -0.2) is 6.04 Å². The fourth-order valence-corrected chi connectivity index (χ4v) is 1.42. The number of benzene rings is 1. The topological polar surface area (TPSA) is 38.0 Å². The average molecular weight is 196 g/mol. The normalized spacial score (nSPS) is 10.6. The van der Waals surface area contributed by atoms with Crippen molar-refractivity contribution in [3.63, 3.8) is 0 Å². The SMILES string of the molecule is CCC(CC)Nc1cc(N)cc(F)c1. The van der Waals surface area contributed by atoms with E-state index < -0.39 is 0 Å². The monoisotopic (exact) mass is 196 g/mol. The summed E-state index contributed by atoms with van der Waals surface area (Å²) >= 11 is 0. The van der Waals surface area contributed by atoms with Crippen molar-refractivity contribution in [2.75, 3.05) is 11.1 Å². The minimum Gasteiger partial charge on any atom is -0.399 e. The molecule has 0 fully saturated rings.